The van der Waals surface area contributed by atoms with Gasteiger partial charge in [0.05, 0.1) is 13.7 Å². The van der Waals surface area contributed by atoms with Gasteiger partial charge in [0.25, 0.3) is 0 Å². The molecule has 1 aliphatic carbocycles. The first-order valence-corrected chi connectivity index (χ1v) is 7.97. The lowest BCUT2D eigenvalue weighted by Gasteiger charge is -2.23. The second kappa shape index (κ2) is 7.97. The molecule has 1 aromatic carbocycles. The normalized spacial score (nSPS) is 14.0. The molecule has 1 aromatic rings. The number of carbonyl (C=O) groups excluding carboxylic acids is 2. The number of anilines is 1. The Morgan fingerprint density at radius 3 is 2.43 bits per heavy atom. The molecule has 0 bridgehead atoms. The summed E-state index contributed by atoms with van der Waals surface area (Å²) in [7, 11) is 1.58. The number of rotatable bonds is 7. The average molecular weight is 319 g/mol. The molecule has 1 saturated carbocycles. The van der Waals surface area contributed by atoms with Crippen LogP contribution in [-0.4, -0.2) is 43.1 Å². The van der Waals surface area contributed by atoms with E-state index >= 15 is 0 Å². The largest absolute Gasteiger partial charge is 0.497 e. The molecule has 0 aromatic heterocycles. The summed E-state index contributed by atoms with van der Waals surface area (Å²) in [6.07, 6.45) is 2.27. The Morgan fingerprint density at radius 1 is 1.26 bits per heavy atom. The van der Waals surface area contributed by atoms with Crippen LogP contribution >= 0.6 is 0 Å². The summed E-state index contributed by atoms with van der Waals surface area (Å²) in [4.78, 5) is 26.1. The van der Waals surface area contributed by atoms with Gasteiger partial charge in [0.2, 0.25) is 5.91 Å². The topological polar surface area (TPSA) is 70.7 Å². The van der Waals surface area contributed by atoms with Gasteiger partial charge in [0, 0.05) is 18.3 Å². The molecule has 126 valence electrons. The van der Waals surface area contributed by atoms with E-state index in [4.69, 9.17) is 4.74 Å². The van der Waals surface area contributed by atoms with Crippen molar-refractivity contribution in [2.75, 3.05) is 25.5 Å². The Kier molecular flexibility index (Phi) is 5.98. The van der Waals surface area contributed by atoms with Crippen LogP contribution in [0.15, 0.2) is 24.3 Å². The van der Waals surface area contributed by atoms with E-state index in [2.05, 4.69) is 29.4 Å². The maximum absolute atomic E-state index is 12.0. The molecule has 1 fully saturated rings. The highest BCUT2D eigenvalue weighted by Gasteiger charge is 2.30. The molecular weight excluding hydrogens is 294 g/mol. The van der Waals surface area contributed by atoms with Crippen LogP contribution in [-0.2, 0) is 4.79 Å². The van der Waals surface area contributed by atoms with Crippen molar-refractivity contribution in [3.63, 3.8) is 0 Å². The van der Waals surface area contributed by atoms with Crippen molar-refractivity contribution in [1.29, 1.82) is 0 Å². The van der Waals surface area contributed by atoms with Crippen molar-refractivity contribution in [1.82, 2.24) is 10.2 Å². The Hall–Kier alpha value is -2.08. The van der Waals surface area contributed by atoms with Gasteiger partial charge in [0.1, 0.15) is 5.75 Å². The fourth-order valence-electron chi connectivity index (χ4n) is 2.44. The van der Waals surface area contributed by atoms with Crippen molar-refractivity contribution in [3.05, 3.63) is 24.3 Å². The molecule has 0 aliphatic heterocycles. The zero-order chi connectivity index (χ0) is 16.8. The third-order valence-electron chi connectivity index (χ3n) is 3.61. The summed E-state index contributed by atoms with van der Waals surface area (Å²) in [5.74, 6) is 0.931. The number of urea groups is 1. The van der Waals surface area contributed by atoms with Crippen LogP contribution in [0.3, 0.4) is 0 Å². The highest BCUT2D eigenvalue weighted by Crippen LogP contribution is 2.27. The van der Waals surface area contributed by atoms with Gasteiger partial charge < -0.3 is 10.1 Å². The molecular formula is C17H25N3O3. The molecule has 0 saturated heterocycles. The van der Waals surface area contributed by atoms with Gasteiger partial charge >= 0.3 is 6.03 Å². The summed E-state index contributed by atoms with van der Waals surface area (Å²) < 4.78 is 5.05. The zero-order valence-electron chi connectivity index (χ0n) is 14.0. The second-order valence-corrected chi connectivity index (χ2v) is 6.29. The van der Waals surface area contributed by atoms with Gasteiger partial charge in [-0.3, -0.25) is 15.0 Å². The summed E-state index contributed by atoms with van der Waals surface area (Å²) >= 11 is 0. The van der Waals surface area contributed by atoms with E-state index in [1.54, 1.807) is 31.4 Å². The molecule has 0 atom stereocenters. The van der Waals surface area contributed by atoms with Gasteiger partial charge in [-0.1, -0.05) is 13.8 Å². The third-order valence-corrected chi connectivity index (χ3v) is 3.61. The summed E-state index contributed by atoms with van der Waals surface area (Å²) in [6.45, 7) is 5.39. The molecule has 0 spiro atoms. The number of imide groups is 1. The summed E-state index contributed by atoms with van der Waals surface area (Å²) in [5.41, 5.74) is 0.609. The number of amides is 3. The van der Waals surface area contributed by atoms with Crippen LogP contribution < -0.4 is 15.4 Å². The third kappa shape index (κ3) is 5.90. The molecule has 3 amide bonds. The van der Waals surface area contributed by atoms with Crippen LogP contribution in [0, 0.1) is 5.92 Å². The summed E-state index contributed by atoms with van der Waals surface area (Å²) in [6, 6.07) is 6.91. The predicted molar refractivity (Wildman–Crippen MR) is 89.6 cm³/mol. The lowest BCUT2D eigenvalue weighted by molar-refractivity contribution is -0.121. The number of benzene rings is 1. The van der Waals surface area contributed by atoms with E-state index in [1.165, 1.54) is 0 Å². The molecule has 1 aliphatic rings. The Bertz CT molecular complexity index is 539. The zero-order valence-corrected chi connectivity index (χ0v) is 14.0. The van der Waals surface area contributed by atoms with E-state index in [1.807, 2.05) is 0 Å². The monoisotopic (exact) mass is 319 g/mol. The predicted octanol–water partition coefficient (Wildman–Crippen LogP) is 2.46. The molecule has 6 nitrogen and oxygen atoms in total. The molecule has 0 unspecified atom stereocenters. The number of methoxy groups -OCH3 is 1. The quantitative estimate of drug-likeness (QED) is 0.810. The van der Waals surface area contributed by atoms with Crippen molar-refractivity contribution in [3.8, 4) is 5.75 Å². The van der Waals surface area contributed by atoms with Gasteiger partial charge in [-0.15, -0.1) is 0 Å². The van der Waals surface area contributed by atoms with E-state index in [-0.39, 0.29) is 12.5 Å². The molecule has 0 heterocycles. The van der Waals surface area contributed by atoms with E-state index in [9.17, 15) is 9.59 Å². The van der Waals surface area contributed by atoms with Crippen molar-refractivity contribution in [2.24, 2.45) is 5.92 Å². The first-order valence-electron chi connectivity index (χ1n) is 7.97. The molecule has 23 heavy (non-hydrogen) atoms. The van der Waals surface area contributed by atoms with E-state index < -0.39 is 6.03 Å². The summed E-state index contributed by atoms with van der Waals surface area (Å²) in [5, 5.41) is 5.02. The van der Waals surface area contributed by atoms with Crippen molar-refractivity contribution >= 4 is 17.6 Å². The lowest BCUT2D eigenvalue weighted by atomic mass is 10.2. The first kappa shape index (κ1) is 17.3. The first-order chi connectivity index (χ1) is 11.0. The fourth-order valence-corrected chi connectivity index (χ4v) is 2.44. The van der Waals surface area contributed by atoms with Crippen LogP contribution in [0.2, 0.25) is 0 Å². The maximum atomic E-state index is 12.0. The molecule has 6 heteroatoms. The fraction of sp³-hybridized carbons (Fsp3) is 0.529. The lowest BCUT2D eigenvalue weighted by Crippen LogP contribution is -2.43. The van der Waals surface area contributed by atoms with Gasteiger partial charge in [-0.05, 0) is 43.0 Å². The molecule has 0 radical (unpaired) electrons. The standard InChI is InChI=1S/C17H25N3O3/c1-12(2)10-20(14-6-7-14)11-16(21)19-17(22)18-13-4-8-15(23-3)9-5-13/h4-5,8-9,12,14H,6-7,10-11H2,1-3H3,(H2,18,19,21,22). The number of carbonyl (C=O) groups is 2. The minimum atomic E-state index is -0.513. The Labute approximate surface area is 137 Å². The van der Waals surface area contributed by atoms with Crippen molar-refractivity contribution < 1.29 is 14.3 Å². The van der Waals surface area contributed by atoms with Gasteiger partial charge in [-0.25, -0.2) is 4.79 Å². The maximum Gasteiger partial charge on any atom is 0.325 e. The SMILES string of the molecule is COc1ccc(NC(=O)NC(=O)CN(CC(C)C)C2CC2)cc1. The van der Waals surface area contributed by atoms with Crippen LogP contribution in [0.1, 0.15) is 26.7 Å². The average Bonchev–Trinajstić information content (AvgIpc) is 3.31. The minimum Gasteiger partial charge on any atom is -0.497 e. The Morgan fingerprint density at radius 2 is 1.91 bits per heavy atom. The highest BCUT2D eigenvalue weighted by atomic mass is 16.5. The van der Waals surface area contributed by atoms with E-state index in [0.717, 1.165) is 19.4 Å². The second-order valence-electron chi connectivity index (χ2n) is 6.29. The van der Waals surface area contributed by atoms with Gasteiger partial charge in [-0.2, -0.15) is 0 Å². The number of hydrogen-bond donors (Lipinski definition) is 2. The number of hydrogen-bond acceptors (Lipinski definition) is 4. The van der Waals surface area contributed by atoms with Gasteiger partial charge in [0.15, 0.2) is 0 Å². The Balaban J connectivity index is 1.80. The van der Waals surface area contributed by atoms with Crippen LogP contribution in [0.5, 0.6) is 5.75 Å². The van der Waals surface area contributed by atoms with E-state index in [0.29, 0.717) is 23.4 Å². The highest BCUT2D eigenvalue weighted by molar-refractivity contribution is 6.01. The van der Waals surface area contributed by atoms with Crippen molar-refractivity contribution in [2.45, 2.75) is 32.7 Å². The minimum absolute atomic E-state index is 0.263. The van der Waals surface area contributed by atoms with Crippen LogP contribution in [0.4, 0.5) is 10.5 Å². The number of nitrogens with one attached hydrogen (secondary N) is 2. The van der Waals surface area contributed by atoms with Crippen LogP contribution in [0.25, 0.3) is 0 Å². The molecule has 2 N–H and O–H groups in total. The number of nitrogens with zero attached hydrogens (tertiary/aromatic N) is 1. The number of ether oxygens (including phenoxy) is 1. The molecule has 2 rings (SSSR count). The smallest absolute Gasteiger partial charge is 0.325 e.